The first-order chi connectivity index (χ1) is 11.1. The Morgan fingerprint density at radius 1 is 1.09 bits per heavy atom. The second-order valence-corrected chi connectivity index (χ2v) is 5.47. The Hall–Kier alpha value is -3.13. The minimum absolute atomic E-state index is 0.447. The molecule has 0 radical (unpaired) electrons. The minimum Gasteiger partial charge on any atom is -0.333 e. The number of aromatic nitrogens is 1. The Morgan fingerprint density at radius 3 is 2.48 bits per heavy atom. The third kappa shape index (κ3) is 3.22. The lowest BCUT2D eigenvalue weighted by Crippen LogP contribution is -2.39. The summed E-state index contributed by atoms with van der Waals surface area (Å²) in [6, 6.07) is 15.8. The average Bonchev–Trinajstić information content (AvgIpc) is 2.97. The number of anilines is 2. The largest absolute Gasteiger partial charge is 0.428 e. The molecule has 1 aromatic heterocycles. The van der Waals surface area contributed by atoms with E-state index in [9.17, 15) is 9.59 Å². The number of hydrogen-bond donors (Lipinski definition) is 2. The molecule has 1 heterocycles. The van der Waals surface area contributed by atoms with Crippen LogP contribution in [0.15, 0.2) is 54.6 Å². The number of nitrogens with one attached hydrogen (secondary N) is 1. The van der Waals surface area contributed by atoms with Crippen molar-refractivity contribution in [1.29, 1.82) is 0 Å². The first kappa shape index (κ1) is 14.8. The van der Waals surface area contributed by atoms with E-state index in [1.165, 1.54) is 16.2 Å². The molecule has 0 bridgehead atoms. The van der Waals surface area contributed by atoms with E-state index < -0.39 is 12.1 Å². The first-order valence-corrected chi connectivity index (χ1v) is 7.44. The van der Waals surface area contributed by atoms with Crippen molar-refractivity contribution in [3.63, 3.8) is 0 Å². The van der Waals surface area contributed by atoms with E-state index in [1.54, 1.807) is 24.3 Å². The highest BCUT2D eigenvalue weighted by molar-refractivity contribution is 7.22. The molecular formula is C15H12N4O3S. The summed E-state index contributed by atoms with van der Waals surface area (Å²) in [5, 5.41) is 0.447. The van der Waals surface area contributed by atoms with Gasteiger partial charge < -0.3 is 10.6 Å². The van der Waals surface area contributed by atoms with E-state index in [0.29, 0.717) is 10.8 Å². The van der Waals surface area contributed by atoms with Gasteiger partial charge in [0.2, 0.25) is 0 Å². The molecule has 2 aromatic carbocycles. The molecular weight excluding hydrogens is 316 g/mol. The van der Waals surface area contributed by atoms with Crippen LogP contribution in [0.2, 0.25) is 0 Å². The van der Waals surface area contributed by atoms with Gasteiger partial charge in [0.25, 0.3) is 0 Å². The van der Waals surface area contributed by atoms with E-state index in [4.69, 9.17) is 5.73 Å². The fourth-order valence-corrected chi connectivity index (χ4v) is 2.97. The lowest BCUT2D eigenvalue weighted by atomic mass is 10.3. The van der Waals surface area contributed by atoms with Gasteiger partial charge >= 0.3 is 12.1 Å². The Balaban J connectivity index is 2.00. The number of urea groups is 1. The van der Waals surface area contributed by atoms with E-state index in [1.807, 2.05) is 35.8 Å². The number of carbonyl (C=O) groups excluding carboxylic acids is 2. The standard InChI is InChI=1S/C15H12N4O3S/c16-13(20)22-18-14(21)19(10-6-2-1-3-7-10)15-17-11-8-4-5-9-12(11)23-15/h1-9H,(H2,16,20)(H,18,21). The van der Waals surface area contributed by atoms with Gasteiger partial charge in [0, 0.05) is 0 Å². The zero-order chi connectivity index (χ0) is 16.2. The summed E-state index contributed by atoms with van der Waals surface area (Å²) in [7, 11) is 0. The molecule has 3 amide bonds. The van der Waals surface area contributed by atoms with Crippen LogP contribution in [0.3, 0.4) is 0 Å². The topological polar surface area (TPSA) is 97.6 Å². The molecule has 23 heavy (non-hydrogen) atoms. The van der Waals surface area contributed by atoms with Crippen molar-refractivity contribution in [1.82, 2.24) is 10.5 Å². The fraction of sp³-hybridized carbons (Fsp3) is 0. The maximum Gasteiger partial charge on any atom is 0.428 e. The van der Waals surface area contributed by atoms with E-state index in [0.717, 1.165) is 10.2 Å². The highest BCUT2D eigenvalue weighted by atomic mass is 32.1. The fourth-order valence-electron chi connectivity index (χ4n) is 1.99. The molecule has 0 saturated carbocycles. The average molecular weight is 328 g/mol. The van der Waals surface area contributed by atoms with Crippen molar-refractivity contribution in [3.05, 3.63) is 54.6 Å². The SMILES string of the molecule is NC(=O)ONC(=O)N(c1ccccc1)c1nc2ccccc2s1. The molecule has 116 valence electrons. The predicted molar refractivity (Wildman–Crippen MR) is 87.4 cm³/mol. The quantitative estimate of drug-likeness (QED) is 0.706. The normalized spacial score (nSPS) is 10.3. The predicted octanol–water partition coefficient (Wildman–Crippen LogP) is 3.15. The lowest BCUT2D eigenvalue weighted by molar-refractivity contribution is 0.111. The number of fused-ring (bicyclic) bond motifs is 1. The third-order valence-corrected chi connectivity index (χ3v) is 3.95. The van der Waals surface area contributed by atoms with Crippen LogP contribution < -0.4 is 16.1 Å². The lowest BCUT2D eigenvalue weighted by Gasteiger charge is -2.19. The van der Waals surface area contributed by atoms with Crippen LogP contribution in [0.4, 0.5) is 20.4 Å². The van der Waals surface area contributed by atoms with Crippen molar-refractivity contribution >= 4 is 44.5 Å². The second kappa shape index (κ2) is 6.32. The number of carbonyl (C=O) groups is 2. The smallest absolute Gasteiger partial charge is 0.333 e. The molecule has 3 N–H and O–H groups in total. The number of nitrogens with zero attached hydrogens (tertiary/aromatic N) is 2. The van der Waals surface area contributed by atoms with Gasteiger partial charge in [0.05, 0.1) is 15.9 Å². The summed E-state index contributed by atoms with van der Waals surface area (Å²) in [6.07, 6.45) is -1.10. The number of thiazole rings is 1. The van der Waals surface area contributed by atoms with Gasteiger partial charge in [-0.15, -0.1) is 0 Å². The summed E-state index contributed by atoms with van der Waals surface area (Å²) >= 11 is 1.35. The molecule has 0 aliphatic carbocycles. The number of rotatable bonds is 2. The van der Waals surface area contributed by atoms with Gasteiger partial charge in [0.1, 0.15) is 0 Å². The van der Waals surface area contributed by atoms with Crippen molar-refractivity contribution in [2.45, 2.75) is 0 Å². The number of benzene rings is 2. The van der Waals surface area contributed by atoms with Crippen molar-refractivity contribution in [2.75, 3.05) is 4.90 Å². The number of amides is 3. The van der Waals surface area contributed by atoms with Crippen LogP contribution in [0, 0.1) is 0 Å². The van der Waals surface area contributed by atoms with Crippen LogP contribution in [-0.4, -0.2) is 17.1 Å². The molecule has 0 saturated heterocycles. The highest BCUT2D eigenvalue weighted by Gasteiger charge is 2.22. The maximum absolute atomic E-state index is 12.4. The molecule has 3 aromatic rings. The monoisotopic (exact) mass is 328 g/mol. The molecule has 3 rings (SSSR count). The zero-order valence-electron chi connectivity index (χ0n) is 11.8. The maximum atomic E-state index is 12.4. The van der Waals surface area contributed by atoms with E-state index >= 15 is 0 Å². The van der Waals surface area contributed by atoms with Gasteiger partial charge in [0.15, 0.2) is 5.13 Å². The summed E-state index contributed by atoms with van der Waals surface area (Å²) in [5.74, 6) is 0. The van der Waals surface area contributed by atoms with Crippen LogP contribution in [0.25, 0.3) is 10.2 Å². The molecule has 7 nitrogen and oxygen atoms in total. The number of nitrogens with two attached hydrogens (primary N) is 1. The first-order valence-electron chi connectivity index (χ1n) is 6.62. The number of para-hydroxylation sites is 2. The van der Waals surface area contributed by atoms with Crippen LogP contribution in [0.5, 0.6) is 0 Å². The Labute approximate surface area is 135 Å². The molecule has 0 atom stereocenters. The van der Waals surface area contributed by atoms with Crippen LogP contribution in [0.1, 0.15) is 0 Å². The van der Waals surface area contributed by atoms with Gasteiger partial charge in [-0.3, -0.25) is 0 Å². The van der Waals surface area contributed by atoms with Gasteiger partial charge in [-0.05, 0) is 24.3 Å². The Bertz CT molecular complexity index is 817. The summed E-state index contributed by atoms with van der Waals surface area (Å²) in [5.41, 5.74) is 8.23. The number of hydrogen-bond acceptors (Lipinski definition) is 5. The molecule has 0 unspecified atom stereocenters. The molecule has 0 aliphatic rings. The van der Waals surface area contributed by atoms with Crippen molar-refractivity contribution in [2.24, 2.45) is 5.73 Å². The second-order valence-electron chi connectivity index (χ2n) is 4.46. The number of hydroxylamine groups is 1. The van der Waals surface area contributed by atoms with Gasteiger partial charge in [-0.2, -0.15) is 5.48 Å². The molecule has 8 heteroatoms. The summed E-state index contributed by atoms with van der Waals surface area (Å²) in [6.45, 7) is 0. The number of primary amides is 1. The Morgan fingerprint density at radius 2 is 1.78 bits per heavy atom. The van der Waals surface area contributed by atoms with Gasteiger partial charge in [-0.1, -0.05) is 41.7 Å². The highest BCUT2D eigenvalue weighted by Crippen LogP contribution is 2.33. The zero-order valence-corrected chi connectivity index (χ0v) is 12.6. The third-order valence-electron chi connectivity index (χ3n) is 2.93. The molecule has 0 aliphatic heterocycles. The van der Waals surface area contributed by atoms with Crippen LogP contribution >= 0.6 is 11.3 Å². The molecule has 0 spiro atoms. The summed E-state index contributed by atoms with van der Waals surface area (Å²) in [4.78, 5) is 33.2. The van der Waals surface area contributed by atoms with E-state index in [-0.39, 0.29) is 0 Å². The van der Waals surface area contributed by atoms with Crippen LogP contribution in [-0.2, 0) is 4.84 Å². The minimum atomic E-state index is -1.10. The van der Waals surface area contributed by atoms with Crippen molar-refractivity contribution < 1.29 is 14.4 Å². The van der Waals surface area contributed by atoms with E-state index in [2.05, 4.69) is 9.82 Å². The van der Waals surface area contributed by atoms with Crippen molar-refractivity contribution in [3.8, 4) is 0 Å². The van der Waals surface area contributed by atoms with Gasteiger partial charge in [-0.25, -0.2) is 19.5 Å². The Kier molecular flexibility index (Phi) is 4.07. The molecule has 0 fully saturated rings. The summed E-state index contributed by atoms with van der Waals surface area (Å²) < 4.78 is 0.937.